The van der Waals surface area contributed by atoms with Crippen molar-refractivity contribution < 1.29 is 4.79 Å². The molecule has 2 aliphatic heterocycles. The van der Waals surface area contributed by atoms with Crippen molar-refractivity contribution in [1.29, 1.82) is 0 Å². The third-order valence-electron chi connectivity index (χ3n) is 4.20. The van der Waals surface area contributed by atoms with Gasteiger partial charge >= 0.3 is 0 Å². The van der Waals surface area contributed by atoms with E-state index in [0.29, 0.717) is 10.9 Å². The van der Waals surface area contributed by atoms with E-state index in [4.69, 9.17) is 11.6 Å². The number of carbonyl (C=O) groups is 1. The highest BCUT2D eigenvalue weighted by molar-refractivity contribution is 7.99. The Labute approximate surface area is 134 Å². The molecule has 3 heterocycles. The Bertz CT molecular complexity index is 482. The molecule has 6 heteroatoms. The lowest BCUT2D eigenvalue weighted by atomic mass is 9.95. The third-order valence-corrected chi connectivity index (χ3v) is 5.37. The summed E-state index contributed by atoms with van der Waals surface area (Å²) in [5.74, 6) is 3.67. The molecule has 0 spiro atoms. The Balaban J connectivity index is 1.54. The van der Waals surface area contributed by atoms with E-state index in [1.165, 1.54) is 0 Å². The maximum atomic E-state index is 12.5. The van der Waals surface area contributed by atoms with Crippen LogP contribution in [0.1, 0.15) is 12.8 Å². The number of amides is 1. The van der Waals surface area contributed by atoms with Crippen molar-refractivity contribution >= 4 is 35.1 Å². The maximum absolute atomic E-state index is 12.5. The van der Waals surface area contributed by atoms with E-state index in [9.17, 15) is 4.79 Å². The molecule has 114 valence electrons. The number of pyridine rings is 1. The Morgan fingerprint density at radius 2 is 1.90 bits per heavy atom. The first-order chi connectivity index (χ1) is 10.2. The predicted molar refractivity (Wildman–Crippen MR) is 88.1 cm³/mol. The van der Waals surface area contributed by atoms with Crippen LogP contribution in [0.15, 0.2) is 18.3 Å². The van der Waals surface area contributed by atoms with Crippen molar-refractivity contribution in [2.45, 2.75) is 12.8 Å². The van der Waals surface area contributed by atoms with Gasteiger partial charge in [0, 0.05) is 49.8 Å². The van der Waals surface area contributed by atoms with Crippen LogP contribution >= 0.6 is 23.4 Å². The predicted octanol–water partition coefficient (Wildman–Crippen LogP) is 2.53. The first-order valence-electron chi connectivity index (χ1n) is 7.47. The highest BCUT2D eigenvalue weighted by Gasteiger charge is 2.29. The van der Waals surface area contributed by atoms with Crippen LogP contribution in [-0.2, 0) is 4.79 Å². The second-order valence-corrected chi connectivity index (χ2v) is 7.19. The first-order valence-corrected chi connectivity index (χ1v) is 9.00. The van der Waals surface area contributed by atoms with Crippen LogP contribution in [-0.4, -0.2) is 53.5 Å². The van der Waals surface area contributed by atoms with Gasteiger partial charge in [-0.1, -0.05) is 11.6 Å². The minimum atomic E-state index is 0.191. The monoisotopic (exact) mass is 325 g/mol. The van der Waals surface area contributed by atoms with E-state index in [1.807, 2.05) is 23.9 Å². The second-order valence-electron chi connectivity index (χ2n) is 5.53. The number of hydrogen-bond acceptors (Lipinski definition) is 4. The smallest absolute Gasteiger partial charge is 0.225 e. The van der Waals surface area contributed by atoms with Gasteiger partial charge in [0.2, 0.25) is 5.91 Å². The number of anilines is 1. The number of carbonyl (C=O) groups excluding carboxylic acids is 1. The number of rotatable bonds is 2. The van der Waals surface area contributed by atoms with E-state index in [0.717, 1.165) is 56.3 Å². The zero-order valence-corrected chi connectivity index (χ0v) is 13.6. The topological polar surface area (TPSA) is 36.4 Å². The molecule has 2 fully saturated rings. The third kappa shape index (κ3) is 3.64. The van der Waals surface area contributed by atoms with Gasteiger partial charge in [0.15, 0.2) is 0 Å². The van der Waals surface area contributed by atoms with Crippen molar-refractivity contribution in [3.05, 3.63) is 23.4 Å². The van der Waals surface area contributed by atoms with Crippen molar-refractivity contribution in [2.24, 2.45) is 5.92 Å². The number of halogens is 1. The number of nitrogens with zero attached hydrogens (tertiary/aromatic N) is 3. The summed E-state index contributed by atoms with van der Waals surface area (Å²) in [7, 11) is 0. The van der Waals surface area contributed by atoms with E-state index >= 15 is 0 Å². The van der Waals surface area contributed by atoms with Crippen LogP contribution in [0.3, 0.4) is 0 Å². The SMILES string of the molecule is O=C(C1CCN(c2ccc(Cl)cn2)CC1)N1CCSCC1. The number of hydrogen-bond donors (Lipinski definition) is 0. The van der Waals surface area contributed by atoms with Crippen LogP contribution in [0.5, 0.6) is 0 Å². The van der Waals surface area contributed by atoms with E-state index in [-0.39, 0.29) is 5.92 Å². The summed E-state index contributed by atoms with van der Waals surface area (Å²) in [4.78, 5) is 21.2. The fourth-order valence-corrected chi connectivity index (χ4v) is 3.97. The lowest BCUT2D eigenvalue weighted by Gasteiger charge is -2.35. The minimum Gasteiger partial charge on any atom is -0.357 e. The molecule has 0 N–H and O–H groups in total. The molecule has 1 aromatic rings. The molecule has 0 radical (unpaired) electrons. The quantitative estimate of drug-likeness (QED) is 0.837. The number of piperidine rings is 1. The Morgan fingerprint density at radius 1 is 1.19 bits per heavy atom. The van der Waals surface area contributed by atoms with Gasteiger partial charge in [0.25, 0.3) is 0 Å². The maximum Gasteiger partial charge on any atom is 0.225 e. The van der Waals surface area contributed by atoms with Gasteiger partial charge in [-0.05, 0) is 25.0 Å². The summed E-state index contributed by atoms with van der Waals surface area (Å²) in [6, 6.07) is 3.82. The summed E-state index contributed by atoms with van der Waals surface area (Å²) in [5, 5.41) is 0.659. The van der Waals surface area contributed by atoms with Crippen LogP contribution in [0.4, 0.5) is 5.82 Å². The van der Waals surface area contributed by atoms with Gasteiger partial charge in [0.05, 0.1) is 5.02 Å². The molecule has 0 saturated carbocycles. The summed E-state index contributed by atoms with van der Waals surface area (Å²) in [6.45, 7) is 3.63. The van der Waals surface area contributed by atoms with E-state index in [1.54, 1.807) is 6.20 Å². The van der Waals surface area contributed by atoms with Crippen LogP contribution in [0.25, 0.3) is 0 Å². The largest absolute Gasteiger partial charge is 0.357 e. The molecule has 0 aliphatic carbocycles. The summed E-state index contributed by atoms with van der Waals surface area (Å²) < 4.78 is 0. The second kappa shape index (κ2) is 6.88. The van der Waals surface area contributed by atoms with Gasteiger partial charge in [-0.2, -0.15) is 11.8 Å². The zero-order chi connectivity index (χ0) is 14.7. The van der Waals surface area contributed by atoms with Crippen molar-refractivity contribution in [3.8, 4) is 0 Å². The Kier molecular flexibility index (Phi) is 4.91. The normalized spacial score (nSPS) is 20.6. The molecule has 4 nitrogen and oxygen atoms in total. The van der Waals surface area contributed by atoms with Crippen molar-refractivity contribution in [3.63, 3.8) is 0 Å². The van der Waals surface area contributed by atoms with E-state index < -0.39 is 0 Å². The lowest BCUT2D eigenvalue weighted by Crippen LogP contribution is -2.45. The zero-order valence-electron chi connectivity index (χ0n) is 12.0. The molecular weight excluding hydrogens is 306 g/mol. The molecule has 0 atom stereocenters. The molecule has 1 amide bonds. The molecule has 0 bridgehead atoms. The Hall–Kier alpha value is -0.940. The van der Waals surface area contributed by atoms with Crippen LogP contribution in [0, 0.1) is 5.92 Å². The minimum absolute atomic E-state index is 0.191. The lowest BCUT2D eigenvalue weighted by molar-refractivity contribution is -0.135. The molecule has 2 aliphatic rings. The average molecular weight is 326 g/mol. The van der Waals surface area contributed by atoms with Gasteiger partial charge in [-0.25, -0.2) is 4.98 Å². The molecule has 3 rings (SSSR count). The molecule has 0 unspecified atom stereocenters. The molecule has 1 aromatic heterocycles. The van der Waals surface area contributed by atoms with Crippen molar-refractivity contribution in [1.82, 2.24) is 9.88 Å². The van der Waals surface area contributed by atoms with E-state index in [2.05, 4.69) is 14.8 Å². The summed E-state index contributed by atoms with van der Waals surface area (Å²) >= 11 is 7.81. The molecule has 2 saturated heterocycles. The highest BCUT2D eigenvalue weighted by atomic mass is 35.5. The van der Waals surface area contributed by atoms with Gasteiger partial charge in [0.1, 0.15) is 5.82 Å². The number of thioether (sulfide) groups is 1. The molecule has 0 aromatic carbocycles. The fraction of sp³-hybridized carbons (Fsp3) is 0.600. The number of aromatic nitrogens is 1. The van der Waals surface area contributed by atoms with Gasteiger partial charge in [-0.15, -0.1) is 0 Å². The molecule has 21 heavy (non-hydrogen) atoms. The summed E-state index contributed by atoms with van der Waals surface area (Å²) in [6.07, 6.45) is 3.53. The fourth-order valence-electron chi connectivity index (χ4n) is 2.95. The van der Waals surface area contributed by atoms with Gasteiger partial charge in [-0.3, -0.25) is 4.79 Å². The summed E-state index contributed by atoms with van der Waals surface area (Å²) in [5.41, 5.74) is 0. The molecular formula is C15H20ClN3OS. The Morgan fingerprint density at radius 3 is 2.52 bits per heavy atom. The van der Waals surface area contributed by atoms with Gasteiger partial charge < -0.3 is 9.80 Å². The van der Waals surface area contributed by atoms with Crippen molar-refractivity contribution in [2.75, 3.05) is 42.6 Å². The first kappa shape index (κ1) is 15.0. The average Bonchev–Trinajstić information content (AvgIpc) is 2.56. The highest BCUT2D eigenvalue weighted by Crippen LogP contribution is 2.25. The standard InChI is InChI=1S/C15H20ClN3OS/c16-13-1-2-14(17-11-13)18-5-3-12(4-6-18)15(20)19-7-9-21-10-8-19/h1-2,11-12H,3-10H2. The van der Waals surface area contributed by atoms with Crippen LogP contribution < -0.4 is 4.90 Å². The van der Waals surface area contributed by atoms with Crippen LogP contribution in [0.2, 0.25) is 5.02 Å².